The standard InChI is InChI=1S/C22H21N3O/c1-3-12-25-19-7-5-4-6-17(19)22(21(25)26)20-15(10-11-23-22)16-13-14(2)8-9-18(16)24-20/h3-9,13,23-24H,1,10-12H2,2H3/t22-/m1/s1. The van der Waals surface area contributed by atoms with Gasteiger partial charge in [0.15, 0.2) is 5.54 Å². The van der Waals surface area contributed by atoms with Crippen molar-refractivity contribution in [1.29, 1.82) is 0 Å². The van der Waals surface area contributed by atoms with Crippen LogP contribution in [0.1, 0.15) is 22.4 Å². The first-order valence-corrected chi connectivity index (χ1v) is 9.06. The molecule has 1 atom stereocenters. The molecule has 130 valence electrons. The Labute approximate surface area is 152 Å². The lowest BCUT2D eigenvalue weighted by Gasteiger charge is -2.34. The minimum atomic E-state index is -0.833. The number of H-pyrrole nitrogens is 1. The number of nitrogens with zero attached hydrogens (tertiary/aromatic N) is 1. The van der Waals surface area contributed by atoms with E-state index < -0.39 is 5.54 Å². The van der Waals surface area contributed by atoms with E-state index in [1.54, 1.807) is 6.08 Å². The van der Waals surface area contributed by atoms with Gasteiger partial charge in [-0.05, 0) is 37.1 Å². The highest BCUT2D eigenvalue weighted by Gasteiger charge is 2.54. The van der Waals surface area contributed by atoms with Gasteiger partial charge in [0.25, 0.3) is 5.91 Å². The van der Waals surface area contributed by atoms with E-state index in [0.717, 1.165) is 35.4 Å². The zero-order valence-electron chi connectivity index (χ0n) is 14.8. The zero-order valence-corrected chi connectivity index (χ0v) is 14.8. The van der Waals surface area contributed by atoms with Crippen LogP contribution < -0.4 is 10.2 Å². The van der Waals surface area contributed by atoms with Crippen molar-refractivity contribution in [2.45, 2.75) is 18.9 Å². The van der Waals surface area contributed by atoms with E-state index in [2.05, 4.69) is 48.1 Å². The van der Waals surface area contributed by atoms with Crippen LogP contribution in [-0.2, 0) is 16.8 Å². The number of amides is 1. The third-order valence-electron chi connectivity index (χ3n) is 5.68. The maximum Gasteiger partial charge on any atom is 0.258 e. The molecule has 1 spiro atoms. The summed E-state index contributed by atoms with van der Waals surface area (Å²) in [6.07, 6.45) is 2.70. The Morgan fingerprint density at radius 3 is 2.96 bits per heavy atom. The first-order valence-electron chi connectivity index (χ1n) is 9.06. The SMILES string of the molecule is C=CCN1C(=O)[C@@]2(NCCc3c2[nH]c2ccc(C)cc32)c2ccccc21. The zero-order chi connectivity index (χ0) is 17.9. The van der Waals surface area contributed by atoms with Crippen LogP contribution in [0.15, 0.2) is 55.1 Å². The summed E-state index contributed by atoms with van der Waals surface area (Å²) in [7, 11) is 0. The van der Waals surface area contributed by atoms with Crippen molar-refractivity contribution >= 4 is 22.5 Å². The summed E-state index contributed by atoms with van der Waals surface area (Å²) in [6.45, 7) is 7.22. The number of nitrogens with one attached hydrogen (secondary N) is 2. The van der Waals surface area contributed by atoms with E-state index in [1.807, 2.05) is 23.1 Å². The molecule has 0 unspecified atom stereocenters. The van der Waals surface area contributed by atoms with E-state index in [-0.39, 0.29) is 5.91 Å². The van der Waals surface area contributed by atoms with Gasteiger partial charge in [0.2, 0.25) is 0 Å². The molecule has 0 aliphatic carbocycles. The maximum atomic E-state index is 13.6. The van der Waals surface area contributed by atoms with Gasteiger partial charge < -0.3 is 9.88 Å². The van der Waals surface area contributed by atoms with Crippen LogP contribution in [0, 0.1) is 6.92 Å². The van der Waals surface area contributed by atoms with Gasteiger partial charge in [-0.1, -0.05) is 35.9 Å². The normalized spacial score (nSPS) is 21.3. The lowest BCUT2D eigenvalue weighted by molar-refractivity contribution is -0.123. The molecule has 2 N–H and O–H groups in total. The van der Waals surface area contributed by atoms with Gasteiger partial charge in [-0.3, -0.25) is 10.1 Å². The Balaban J connectivity index is 1.82. The van der Waals surface area contributed by atoms with Crippen molar-refractivity contribution in [2.75, 3.05) is 18.0 Å². The van der Waals surface area contributed by atoms with Crippen LogP contribution in [0.5, 0.6) is 0 Å². The topological polar surface area (TPSA) is 48.1 Å². The van der Waals surface area contributed by atoms with Crippen molar-refractivity contribution < 1.29 is 4.79 Å². The monoisotopic (exact) mass is 343 g/mol. The first kappa shape index (κ1) is 15.4. The lowest BCUT2D eigenvalue weighted by Crippen LogP contribution is -2.55. The number of carbonyl (C=O) groups is 1. The van der Waals surface area contributed by atoms with Crippen molar-refractivity contribution in [1.82, 2.24) is 10.3 Å². The number of aromatic nitrogens is 1. The van der Waals surface area contributed by atoms with Gasteiger partial charge >= 0.3 is 0 Å². The number of carbonyl (C=O) groups excluding carboxylic acids is 1. The summed E-state index contributed by atoms with van der Waals surface area (Å²) in [5.74, 6) is 0.0721. The summed E-state index contributed by atoms with van der Waals surface area (Å²) in [6, 6.07) is 14.5. The Kier molecular flexibility index (Phi) is 3.15. The van der Waals surface area contributed by atoms with Crippen molar-refractivity contribution in [3.8, 4) is 0 Å². The highest BCUT2D eigenvalue weighted by atomic mass is 16.2. The second-order valence-electron chi connectivity index (χ2n) is 7.18. The van der Waals surface area contributed by atoms with Gasteiger partial charge in [0, 0.05) is 29.6 Å². The van der Waals surface area contributed by atoms with E-state index in [4.69, 9.17) is 0 Å². The van der Waals surface area contributed by atoms with Crippen LogP contribution in [0.25, 0.3) is 10.9 Å². The van der Waals surface area contributed by atoms with Gasteiger partial charge in [0.05, 0.1) is 11.4 Å². The number of hydrogen-bond donors (Lipinski definition) is 2. The fourth-order valence-electron chi connectivity index (χ4n) is 4.58. The molecular formula is C22H21N3O. The predicted octanol–water partition coefficient (Wildman–Crippen LogP) is 3.40. The molecule has 26 heavy (non-hydrogen) atoms. The minimum Gasteiger partial charge on any atom is -0.356 e. The average Bonchev–Trinajstić information content (AvgIpc) is 3.13. The second-order valence-corrected chi connectivity index (χ2v) is 7.18. The van der Waals surface area contributed by atoms with Crippen LogP contribution in [0.4, 0.5) is 5.69 Å². The number of benzene rings is 2. The minimum absolute atomic E-state index is 0.0721. The number of anilines is 1. The third kappa shape index (κ3) is 1.80. The van der Waals surface area contributed by atoms with Crippen LogP contribution in [-0.4, -0.2) is 24.0 Å². The fraction of sp³-hybridized carbons (Fsp3) is 0.227. The molecule has 0 radical (unpaired) electrons. The number of hydrogen-bond acceptors (Lipinski definition) is 2. The van der Waals surface area contributed by atoms with E-state index in [1.165, 1.54) is 16.5 Å². The molecule has 4 nitrogen and oxygen atoms in total. The van der Waals surface area contributed by atoms with Gasteiger partial charge in [-0.2, -0.15) is 0 Å². The summed E-state index contributed by atoms with van der Waals surface area (Å²) < 4.78 is 0. The van der Waals surface area contributed by atoms with E-state index >= 15 is 0 Å². The first-order chi connectivity index (χ1) is 12.7. The number of rotatable bonds is 2. The number of para-hydroxylation sites is 1. The molecule has 0 bridgehead atoms. The highest BCUT2D eigenvalue weighted by molar-refractivity contribution is 6.11. The summed E-state index contributed by atoms with van der Waals surface area (Å²) in [5, 5.41) is 4.79. The Bertz CT molecular complexity index is 1060. The molecule has 0 saturated heterocycles. The number of aryl methyl sites for hydroxylation is 1. The Morgan fingerprint density at radius 1 is 1.27 bits per heavy atom. The average molecular weight is 343 g/mol. The molecule has 0 fully saturated rings. The number of fused-ring (bicyclic) bond motifs is 6. The second kappa shape index (κ2) is 5.32. The Morgan fingerprint density at radius 2 is 2.12 bits per heavy atom. The van der Waals surface area contributed by atoms with E-state index in [9.17, 15) is 4.79 Å². The molecule has 3 aromatic rings. The van der Waals surface area contributed by atoms with Gasteiger partial charge in [-0.25, -0.2) is 0 Å². The third-order valence-corrected chi connectivity index (χ3v) is 5.68. The molecule has 4 heteroatoms. The molecule has 1 amide bonds. The molecule has 1 aromatic heterocycles. The maximum absolute atomic E-state index is 13.6. The molecular weight excluding hydrogens is 322 g/mol. The van der Waals surface area contributed by atoms with Gasteiger partial charge in [0.1, 0.15) is 0 Å². The van der Waals surface area contributed by atoms with Crippen LogP contribution in [0.2, 0.25) is 0 Å². The predicted molar refractivity (Wildman–Crippen MR) is 105 cm³/mol. The summed E-state index contributed by atoms with van der Waals surface area (Å²) >= 11 is 0. The molecule has 3 heterocycles. The fourth-order valence-corrected chi connectivity index (χ4v) is 4.58. The molecule has 2 aliphatic heterocycles. The molecule has 5 rings (SSSR count). The largest absolute Gasteiger partial charge is 0.356 e. The van der Waals surface area contributed by atoms with E-state index in [0.29, 0.717) is 6.54 Å². The van der Waals surface area contributed by atoms with Gasteiger partial charge in [-0.15, -0.1) is 6.58 Å². The summed E-state index contributed by atoms with van der Waals surface area (Å²) in [4.78, 5) is 19.0. The van der Waals surface area contributed by atoms with Crippen molar-refractivity contribution in [2.24, 2.45) is 0 Å². The smallest absolute Gasteiger partial charge is 0.258 e. The Hall–Kier alpha value is -2.85. The quantitative estimate of drug-likeness (QED) is 0.701. The molecule has 2 aliphatic rings. The van der Waals surface area contributed by atoms with Crippen LogP contribution in [0.3, 0.4) is 0 Å². The molecule has 2 aromatic carbocycles. The van der Waals surface area contributed by atoms with Crippen LogP contribution >= 0.6 is 0 Å². The number of aromatic amines is 1. The van der Waals surface area contributed by atoms with Crippen molar-refractivity contribution in [3.05, 3.63) is 77.5 Å². The summed E-state index contributed by atoms with van der Waals surface area (Å²) in [5.41, 5.74) is 5.73. The lowest BCUT2D eigenvalue weighted by atomic mass is 9.82. The molecule has 0 saturated carbocycles. The van der Waals surface area contributed by atoms with Crippen molar-refractivity contribution in [3.63, 3.8) is 0 Å². The highest BCUT2D eigenvalue weighted by Crippen LogP contribution is 2.47.